The van der Waals surface area contributed by atoms with Crippen LogP contribution in [0.15, 0.2) is 40.7 Å². The van der Waals surface area contributed by atoms with E-state index in [1.54, 1.807) is 23.1 Å². The van der Waals surface area contributed by atoms with Crippen LogP contribution in [0.1, 0.15) is 21.8 Å². The van der Waals surface area contributed by atoms with Crippen LogP contribution in [0.2, 0.25) is 0 Å². The van der Waals surface area contributed by atoms with Crippen molar-refractivity contribution in [3.05, 3.63) is 47.1 Å². The molecule has 1 amide bonds. The Labute approximate surface area is 145 Å². The second-order valence-corrected chi connectivity index (χ2v) is 7.76. The molecule has 0 aliphatic carbocycles. The highest BCUT2D eigenvalue weighted by Gasteiger charge is 2.21. The highest BCUT2D eigenvalue weighted by molar-refractivity contribution is 8.00. The van der Waals surface area contributed by atoms with Crippen molar-refractivity contribution in [1.29, 1.82) is 0 Å². The monoisotopic (exact) mass is 347 g/mol. The Morgan fingerprint density at radius 3 is 2.87 bits per heavy atom. The van der Waals surface area contributed by atoms with Crippen molar-refractivity contribution in [2.24, 2.45) is 0 Å². The van der Waals surface area contributed by atoms with E-state index >= 15 is 0 Å². The third-order valence-electron chi connectivity index (χ3n) is 3.98. The number of aromatic nitrogens is 1. The highest BCUT2D eigenvalue weighted by Crippen LogP contribution is 2.26. The first kappa shape index (κ1) is 16.5. The van der Waals surface area contributed by atoms with E-state index in [2.05, 4.69) is 16.0 Å². The molecule has 0 atom stereocenters. The summed E-state index contributed by atoms with van der Waals surface area (Å²) in [4.78, 5) is 22.3. The number of carbonyl (C=O) groups excluding carboxylic acids is 1. The fourth-order valence-electron chi connectivity index (χ4n) is 2.75. The zero-order valence-corrected chi connectivity index (χ0v) is 14.9. The summed E-state index contributed by atoms with van der Waals surface area (Å²) in [6, 6.07) is 10.0. The molecule has 0 bridgehead atoms. The van der Waals surface area contributed by atoms with E-state index in [4.69, 9.17) is 0 Å². The molecule has 4 nitrogen and oxygen atoms in total. The number of hydrogen-bond donors (Lipinski definition) is 0. The molecule has 0 spiro atoms. The first-order valence-corrected chi connectivity index (χ1v) is 9.86. The molecule has 0 unspecified atom stereocenters. The van der Waals surface area contributed by atoms with Crippen molar-refractivity contribution >= 4 is 29.0 Å². The Morgan fingerprint density at radius 1 is 1.22 bits per heavy atom. The molecule has 2 aromatic heterocycles. The van der Waals surface area contributed by atoms with Gasteiger partial charge in [0.05, 0.1) is 14.8 Å². The number of carbonyl (C=O) groups is 1. The number of thiophene rings is 1. The molecule has 0 saturated carbocycles. The summed E-state index contributed by atoms with van der Waals surface area (Å²) in [5.74, 6) is 0.176. The summed E-state index contributed by atoms with van der Waals surface area (Å²) in [7, 11) is 0. The summed E-state index contributed by atoms with van der Waals surface area (Å²) in [5, 5.41) is 0. The summed E-state index contributed by atoms with van der Waals surface area (Å²) < 4.78 is 1.19. The molecule has 1 saturated heterocycles. The standard InChI is InChI=1S/C17H21N3OS2/c1-22-16-7-6-15(23-16)17(21)20-10-4-9-19(11-12-20)13-14-5-2-3-8-18-14/h2-3,5-8H,4,9-13H2,1H3. The lowest BCUT2D eigenvalue weighted by Gasteiger charge is -2.21. The van der Waals surface area contributed by atoms with Crippen LogP contribution in [0.25, 0.3) is 0 Å². The molecule has 0 aromatic carbocycles. The summed E-state index contributed by atoms with van der Waals surface area (Å²) in [5.41, 5.74) is 1.09. The van der Waals surface area contributed by atoms with Gasteiger partial charge in [-0.1, -0.05) is 6.07 Å². The van der Waals surface area contributed by atoms with Crippen molar-refractivity contribution in [3.63, 3.8) is 0 Å². The number of pyridine rings is 1. The molecule has 1 aliphatic rings. The summed E-state index contributed by atoms with van der Waals surface area (Å²) >= 11 is 3.29. The minimum absolute atomic E-state index is 0.176. The van der Waals surface area contributed by atoms with Gasteiger partial charge in [0.15, 0.2) is 0 Å². The van der Waals surface area contributed by atoms with Crippen LogP contribution in [0, 0.1) is 0 Å². The van der Waals surface area contributed by atoms with Crippen LogP contribution in [-0.4, -0.2) is 53.1 Å². The average Bonchev–Trinajstić information content (AvgIpc) is 2.95. The largest absolute Gasteiger partial charge is 0.337 e. The lowest BCUT2D eigenvalue weighted by molar-refractivity contribution is 0.0766. The van der Waals surface area contributed by atoms with Crippen LogP contribution in [-0.2, 0) is 6.54 Å². The van der Waals surface area contributed by atoms with E-state index in [1.165, 1.54) is 4.21 Å². The van der Waals surface area contributed by atoms with E-state index in [1.807, 2.05) is 41.6 Å². The van der Waals surface area contributed by atoms with Crippen molar-refractivity contribution in [2.45, 2.75) is 17.2 Å². The van der Waals surface area contributed by atoms with Crippen LogP contribution in [0.3, 0.4) is 0 Å². The van der Waals surface area contributed by atoms with E-state index < -0.39 is 0 Å². The molecule has 1 fully saturated rings. The highest BCUT2D eigenvalue weighted by atomic mass is 32.2. The first-order chi connectivity index (χ1) is 11.3. The Balaban J connectivity index is 1.58. The smallest absolute Gasteiger partial charge is 0.264 e. The third kappa shape index (κ3) is 4.34. The topological polar surface area (TPSA) is 36.4 Å². The van der Waals surface area contributed by atoms with Gasteiger partial charge in [0.2, 0.25) is 0 Å². The molecule has 3 rings (SSSR count). The first-order valence-electron chi connectivity index (χ1n) is 7.81. The van der Waals surface area contributed by atoms with Gasteiger partial charge in [0, 0.05) is 38.9 Å². The predicted octanol–water partition coefficient (Wildman–Crippen LogP) is 3.21. The third-order valence-corrected chi connectivity index (χ3v) is 6.14. The van der Waals surface area contributed by atoms with Crippen LogP contribution < -0.4 is 0 Å². The van der Waals surface area contributed by atoms with E-state index in [-0.39, 0.29) is 5.91 Å². The van der Waals surface area contributed by atoms with Crippen LogP contribution in [0.4, 0.5) is 0 Å². The quantitative estimate of drug-likeness (QED) is 0.796. The van der Waals surface area contributed by atoms with Gasteiger partial charge in [-0.15, -0.1) is 23.1 Å². The second-order valence-electron chi connectivity index (χ2n) is 5.57. The fourth-order valence-corrected chi connectivity index (χ4v) is 4.27. The molecule has 0 N–H and O–H groups in total. The molecular weight excluding hydrogens is 326 g/mol. The molecule has 0 radical (unpaired) electrons. The molecule has 3 heterocycles. The van der Waals surface area contributed by atoms with Crippen LogP contribution in [0.5, 0.6) is 0 Å². The molecule has 2 aromatic rings. The molecule has 6 heteroatoms. The van der Waals surface area contributed by atoms with Crippen molar-refractivity contribution in [1.82, 2.24) is 14.8 Å². The zero-order valence-electron chi connectivity index (χ0n) is 13.3. The number of rotatable bonds is 4. The SMILES string of the molecule is CSc1ccc(C(=O)N2CCCN(Cc3ccccn3)CC2)s1. The minimum Gasteiger partial charge on any atom is -0.337 e. The van der Waals surface area contributed by atoms with E-state index in [0.29, 0.717) is 0 Å². The van der Waals surface area contributed by atoms with E-state index in [9.17, 15) is 4.79 Å². The Kier molecular flexibility index (Phi) is 5.70. The molecule has 1 aliphatic heterocycles. The summed E-state index contributed by atoms with van der Waals surface area (Å²) in [6.07, 6.45) is 4.89. The van der Waals surface area contributed by atoms with Crippen molar-refractivity contribution in [2.75, 3.05) is 32.4 Å². The maximum absolute atomic E-state index is 12.6. The number of nitrogens with zero attached hydrogens (tertiary/aromatic N) is 3. The van der Waals surface area contributed by atoms with Gasteiger partial charge in [0.25, 0.3) is 5.91 Å². The van der Waals surface area contributed by atoms with Crippen molar-refractivity contribution < 1.29 is 4.79 Å². The van der Waals surface area contributed by atoms with Gasteiger partial charge in [-0.2, -0.15) is 0 Å². The fraction of sp³-hybridized carbons (Fsp3) is 0.412. The summed E-state index contributed by atoms with van der Waals surface area (Å²) in [6.45, 7) is 4.41. The molecule has 23 heavy (non-hydrogen) atoms. The number of thioether (sulfide) groups is 1. The molecular formula is C17H21N3OS2. The Bertz CT molecular complexity index is 644. The normalized spacial score (nSPS) is 16.3. The van der Waals surface area contributed by atoms with Gasteiger partial charge < -0.3 is 4.90 Å². The van der Waals surface area contributed by atoms with Gasteiger partial charge in [-0.3, -0.25) is 14.7 Å². The lowest BCUT2D eigenvalue weighted by Crippen LogP contribution is -2.34. The van der Waals surface area contributed by atoms with Gasteiger partial charge in [-0.05, 0) is 36.9 Å². The maximum Gasteiger partial charge on any atom is 0.264 e. The Hall–Kier alpha value is -1.37. The minimum atomic E-state index is 0.176. The van der Waals surface area contributed by atoms with E-state index in [0.717, 1.165) is 49.7 Å². The number of amides is 1. The number of hydrogen-bond acceptors (Lipinski definition) is 5. The maximum atomic E-state index is 12.6. The van der Waals surface area contributed by atoms with Gasteiger partial charge in [-0.25, -0.2) is 0 Å². The van der Waals surface area contributed by atoms with Crippen LogP contribution >= 0.6 is 23.1 Å². The Morgan fingerprint density at radius 2 is 2.13 bits per heavy atom. The lowest BCUT2D eigenvalue weighted by atomic mass is 10.3. The van der Waals surface area contributed by atoms with Gasteiger partial charge in [0.1, 0.15) is 0 Å². The zero-order chi connectivity index (χ0) is 16.1. The molecule has 122 valence electrons. The van der Waals surface area contributed by atoms with Gasteiger partial charge >= 0.3 is 0 Å². The van der Waals surface area contributed by atoms with Crippen molar-refractivity contribution in [3.8, 4) is 0 Å². The predicted molar refractivity (Wildman–Crippen MR) is 96.1 cm³/mol. The average molecular weight is 348 g/mol. The second kappa shape index (κ2) is 7.95.